The standard InChI is InChI=1S/C18H20N2O3/c1-3-12-20(18(22)15-9-7-11-17(21)19-15)13-14-8-5-6-10-16(14)23-4-2/h3,5-11H,1,4,12-13H2,2H3,(H,19,21). The maximum absolute atomic E-state index is 12.6. The van der Waals surface area contributed by atoms with Crippen LogP contribution >= 0.6 is 0 Å². The third-order valence-corrected chi connectivity index (χ3v) is 3.27. The number of hydrogen-bond donors (Lipinski definition) is 1. The van der Waals surface area contributed by atoms with E-state index in [4.69, 9.17) is 4.74 Å². The average Bonchev–Trinajstić information content (AvgIpc) is 2.56. The monoisotopic (exact) mass is 312 g/mol. The number of hydrogen-bond acceptors (Lipinski definition) is 3. The molecule has 0 saturated carbocycles. The lowest BCUT2D eigenvalue weighted by Gasteiger charge is -2.22. The van der Waals surface area contributed by atoms with Crippen LogP contribution in [0.1, 0.15) is 23.0 Å². The van der Waals surface area contributed by atoms with Crippen LogP contribution in [0.15, 0.2) is 59.9 Å². The van der Waals surface area contributed by atoms with Gasteiger partial charge in [-0.1, -0.05) is 30.3 Å². The van der Waals surface area contributed by atoms with E-state index in [0.717, 1.165) is 11.3 Å². The minimum Gasteiger partial charge on any atom is -0.494 e. The highest BCUT2D eigenvalue weighted by atomic mass is 16.5. The average molecular weight is 312 g/mol. The van der Waals surface area contributed by atoms with Gasteiger partial charge in [0.15, 0.2) is 0 Å². The summed E-state index contributed by atoms with van der Waals surface area (Å²) >= 11 is 0. The Kier molecular flexibility index (Phi) is 5.74. The molecule has 120 valence electrons. The number of para-hydroxylation sites is 1. The number of rotatable bonds is 7. The summed E-state index contributed by atoms with van der Waals surface area (Å²) in [7, 11) is 0. The van der Waals surface area contributed by atoms with Crippen LogP contribution in [0.2, 0.25) is 0 Å². The van der Waals surface area contributed by atoms with Gasteiger partial charge in [0.2, 0.25) is 5.56 Å². The molecule has 1 aromatic heterocycles. The fourth-order valence-electron chi connectivity index (χ4n) is 2.25. The van der Waals surface area contributed by atoms with Crippen LogP contribution in [0.25, 0.3) is 0 Å². The summed E-state index contributed by atoms with van der Waals surface area (Å²) in [6.07, 6.45) is 1.65. The first-order valence-corrected chi connectivity index (χ1v) is 7.46. The third-order valence-electron chi connectivity index (χ3n) is 3.27. The second-order valence-corrected chi connectivity index (χ2v) is 4.94. The molecule has 0 fully saturated rings. The molecular weight excluding hydrogens is 292 g/mol. The van der Waals surface area contributed by atoms with Crippen molar-refractivity contribution in [2.45, 2.75) is 13.5 Å². The molecule has 2 rings (SSSR count). The molecule has 5 nitrogen and oxygen atoms in total. The molecule has 1 amide bonds. The number of nitrogens with zero attached hydrogens (tertiary/aromatic N) is 1. The van der Waals surface area contributed by atoms with Crippen molar-refractivity contribution in [3.8, 4) is 5.75 Å². The Balaban J connectivity index is 2.27. The van der Waals surface area contributed by atoms with Gasteiger partial charge in [-0.3, -0.25) is 9.59 Å². The summed E-state index contributed by atoms with van der Waals surface area (Å²) in [6, 6.07) is 12.1. The molecule has 0 saturated heterocycles. The highest BCUT2D eigenvalue weighted by Gasteiger charge is 2.17. The molecule has 0 atom stereocenters. The number of pyridine rings is 1. The van der Waals surface area contributed by atoms with Crippen LogP contribution in [-0.4, -0.2) is 28.9 Å². The summed E-state index contributed by atoms with van der Waals surface area (Å²) in [5, 5.41) is 0. The number of ether oxygens (including phenoxy) is 1. The highest BCUT2D eigenvalue weighted by molar-refractivity contribution is 5.92. The van der Waals surface area contributed by atoms with Gasteiger partial charge >= 0.3 is 0 Å². The number of carbonyl (C=O) groups is 1. The Labute approximate surface area is 135 Å². The molecule has 0 aliphatic heterocycles. The lowest BCUT2D eigenvalue weighted by atomic mass is 10.1. The van der Waals surface area contributed by atoms with Crippen molar-refractivity contribution in [1.29, 1.82) is 0 Å². The molecule has 23 heavy (non-hydrogen) atoms. The van der Waals surface area contributed by atoms with Gasteiger partial charge < -0.3 is 14.6 Å². The van der Waals surface area contributed by atoms with E-state index in [9.17, 15) is 9.59 Å². The van der Waals surface area contributed by atoms with Gasteiger partial charge in [-0.25, -0.2) is 0 Å². The number of amides is 1. The van der Waals surface area contributed by atoms with E-state index < -0.39 is 0 Å². The van der Waals surface area contributed by atoms with Gasteiger partial charge in [0.1, 0.15) is 11.4 Å². The zero-order valence-electron chi connectivity index (χ0n) is 13.1. The molecule has 1 aromatic carbocycles. The number of H-pyrrole nitrogens is 1. The molecule has 0 aliphatic rings. The molecule has 0 aliphatic carbocycles. The zero-order valence-corrected chi connectivity index (χ0v) is 13.1. The zero-order chi connectivity index (χ0) is 16.7. The van der Waals surface area contributed by atoms with E-state index in [-0.39, 0.29) is 17.2 Å². The minimum atomic E-state index is -0.302. The fourth-order valence-corrected chi connectivity index (χ4v) is 2.25. The van der Waals surface area contributed by atoms with Crippen molar-refractivity contribution in [1.82, 2.24) is 9.88 Å². The second-order valence-electron chi connectivity index (χ2n) is 4.94. The van der Waals surface area contributed by atoms with Gasteiger partial charge in [0.05, 0.1) is 13.2 Å². The van der Waals surface area contributed by atoms with E-state index in [1.54, 1.807) is 23.1 Å². The minimum absolute atomic E-state index is 0.256. The Morgan fingerprint density at radius 3 is 2.74 bits per heavy atom. The van der Waals surface area contributed by atoms with Gasteiger partial charge in [-0.05, 0) is 19.1 Å². The number of carbonyl (C=O) groups excluding carboxylic acids is 1. The number of nitrogens with one attached hydrogen (secondary N) is 1. The van der Waals surface area contributed by atoms with E-state index in [1.807, 2.05) is 31.2 Å². The van der Waals surface area contributed by atoms with Gasteiger partial charge in [-0.2, -0.15) is 0 Å². The first kappa shape index (κ1) is 16.5. The Bertz CT molecular complexity index is 737. The second kappa shape index (κ2) is 7.98. The van der Waals surface area contributed by atoms with Crippen LogP contribution in [0.4, 0.5) is 0 Å². The molecule has 0 radical (unpaired) electrons. The Morgan fingerprint density at radius 1 is 1.26 bits per heavy atom. The number of benzene rings is 1. The first-order chi connectivity index (χ1) is 11.2. The quantitative estimate of drug-likeness (QED) is 0.799. The summed E-state index contributed by atoms with van der Waals surface area (Å²) in [6.45, 7) is 6.91. The Hall–Kier alpha value is -2.82. The molecule has 5 heteroatoms. The summed E-state index contributed by atoms with van der Waals surface area (Å²) in [5.74, 6) is 0.493. The summed E-state index contributed by atoms with van der Waals surface area (Å²) in [5.41, 5.74) is 0.861. The van der Waals surface area contributed by atoms with Gasteiger partial charge in [0.25, 0.3) is 5.91 Å². The van der Waals surface area contributed by atoms with Crippen LogP contribution in [0.5, 0.6) is 5.75 Å². The number of aromatic amines is 1. The number of aromatic nitrogens is 1. The van der Waals surface area contributed by atoms with E-state index in [2.05, 4.69) is 11.6 Å². The normalized spacial score (nSPS) is 10.1. The van der Waals surface area contributed by atoms with E-state index in [1.165, 1.54) is 6.07 Å². The lowest BCUT2D eigenvalue weighted by molar-refractivity contribution is 0.0755. The molecule has 2 aromatic rings. The molecule has 1 heterocycles. The molecule has 0 spiro atoms. The maximum atomic E-state index is 12.6. The molecule has 0 bridgehead atoms. The smallest absolute Gasteiger partial charge is 0.270 e. The summed E-state index contributed by atoms with van der Waals surface area (Å²) < 4.78 is 5.60. The van der Waals surface area contributed by atoms with Crippen molar-refractivity contribution in [3.63, 3.8) is 0 Å². The van der Waals surface area contributed by atoms with Gasteiger partial charge in [-0.15, -0.1) is 6.58 Å². The van der Waals surface area contributed by atoms with Crippen molar-refractivity contribution < 1.29 is 9.53 Å². The molecule has 0 unspecified atom stereocenters. The highest BCUT2D eigenvalue weighted by Crippen LogP contribution is 2.20. The van der Waals surface area contributed by atoms with Crippen LogP contribution in [0, 0.1) is 0 Å². The molecule has 1 N–H and O–H groups in total. The molecular formula is C18H20N2O3. The van der Waals surface area contributed by atoms with Crippen LogP contribution in [-0.2, 0) is 6.54 Å². The predicted molar refractivity (Wildman–Crippen MR) is 89.6 cm³/mol. The lowest BCUT2D eigenvalue weighted by Crippen LogP contribution is -2.32. The van der Waals surface area contributed by atoms with Crippen LogP contribution < -0.4 is 10.3 Å². The Morgan fingerprint density at radius 2 is 2.04 bits per heavy atom. The van der Waals surface area contributed by atoms with Crippen molar-refractivity contribution in [2.75, 3.05) is 13.2 Å². The first-order valence-electron chi connectivity index (χ1n) is 7.46. The summed E-state index contributed by atoms with van der Waals surface area (Å²) in [4.78, 5) is 28.2. The van der Waals surface area contributed by atoms with E-state index >= 15 is 0 Å². The maximum Gasteiger partial charge on any atom is 0.270 e. The van der Waals surface area contributed by atoms with Crippen LogP contribution in [0.3, 0.4) is 0 Å². The van der Waals surface area contributed by atoms with Gasteiger partial charge in [0, 0.05) is 18.2 Å². The van der Waals surface area contributed by atoms with Crippen molar-refractivity contribution in [3.05, 3.63) is 76.7 Å². The topological polar surface area (TPSA) is 62.4 Å². The largest absolute Gasteiger partial charge is 0.494 e. The predicted octanol–water partition coefficient (Wildman–Crippen LogP) is 2.60. The van der Waals surface area contributed by atoms with E-state index in [0.29, 0.717) is 19.7 Å². The third kappa shape index (κ3) is 4.32. The van der Waals surface area contributed by atoms with Crippen molar-refractivity contribution >= 4 is 5.91 Å². The van der Waals surface area contributed by atoms with Crippen molar-refractivity contribution in [2.24, 2.45) is 0 Å². The SMILES string of the molecule is C=CCN(Cc1ccccc1OCC)C(=O)c1cccc(=O)[nH]1. The fraction of sp³-hybridized carbons (Fsp3) is 0.222.